The van der Waals surface area contributed by atoms with E-state index in [9.17, 15) is 0 Å². The molecule has 1 heteroatoms. The summed E-state index contributed by atoms with van der Waals surface area (Å²) in [4.78, 5) is 0. The molecule has 0 unspecified atom stereocenters. The lowest BCUT2D eigenvalue weighted by Crippen LogP contribution is -1.81. The monoisotopic (exact) mass is 98.1 g/mol. The Bertz CT molecular complexity index is 72.0. The fourth-order valence-electron chi connectivity index (χ4n) is 0.285. The van der Waals surface area contributed by atoms with Gasteiger partial charge in [0.1, 0.15) is 0 Å². The molecule has 0 aliphatic rings. The molecular formula is C5H10Si. The van der Waals surface area contributed by atoms with Gasteiger partial charge in [0.15, 0.2) is 0 Å². The van der Waals surface area contributed by atoms with Crippen LogP contribution in [0.25, 0.3) is 0 Å². The smallest absolute Gasteiger partial charge is 0.0256 e. The van der Waals surface area contributed by atoms with E-state index < -0.39 is 0 Å². The second kappa shape index (κ2) is 3.03. The second-order valence-electron chi connectivity index (χ2n) is 1.35. The fourth-order valence-corrected chi connectivity index (χ4v) is 0.854. The van der Waals surface area contributed by atoms with Gasteiger partial charge in [-0.3, -0.25) is 0 Å². The lowest BCUT2D eigenvalue weighted by molar-refractivity contribution is 1.78. The Kier molecular flexibility index (Phi) is 2.95. The van der Waals surface area contributed by atoms with Gasteiger partial charge in [-0.05, 0) is 6.92 Å². The summed E-state index contributed by atoms with van der Waals surface area (Å²) in [5, 5.41) is 0. The van der Waals surface area contributed by atoms with Crippen molar-refractivity contribution in [1.82, 2.24) is 0 Å². The van der Waals surface area contributed by atoms with Gasteiger partial charge < -0.3 is 0 Å². The Balaban J connectivity index is 3.30. The van der Waals surface area contributed by atoms with Crippen LogP contribution in [0.5, 0.6) is 0 Å². The van der Waals surface area contributed by atoms with E-state index in [0.29, 0.717) is 0 Å². The molecule has 0 amide bonds. The van der Waals surface area contributed by atoms with Crippen LogP contribution in [0.2, 0.25) is 6.55 Å². The highest BCUT2D eigenvalue weighted by Gasteiger charge is 1.66. The van der Waals surface area contributed by atoms with E-state index in [1.807, 2.05) is 6.92 Å². The Morgan fingerprint density at radius 2 is 2.17 bits per heavy atom. The third-order valence-electron chi connectivity index (χ3n) is 0.451. The molecule has 0 atom stereocenters. The van der Waals surface area contributed by atoms with Gasteiger partial charge in [0.05, 0.1) is 0 Å². The van der Waals surface area contributed by atoms with E-state index in [1.54, 1.807) is 0 Å². The highest BCUT2D eigenvalue weighted by molar-refractivity contribution is 6.65. The molecule has 0 aromatic heterocycles. The highest BCUT2D eigenvalue weighted by Crippen LogP contribution is 1.66. The first-order chi connectivity index (χ1) is 2.77. The third-order valence-corrected chi connectivity index (χ3v) is 1.35. The summed E-state index contributed by atoms with van der Waals surface area (Å²) in [5.74, 6) is 0. The van der Waals surface area contributed by atoms with Crippen LogP contribution in [0.1, 0.15) is 6.92 Å². The SMILES string of the molecule is C=[Si](C)C=CC. The Labute approximate surface area is 40.7 Å². The van der Waals surface area contributed by atoms with E-state index in [-0.39, 0.29) is 8.41 Å². The molecule has 6 heavy (non-hydrogen) atoms. The van der Waals surface area contributed by atoms with Crippen molar-refractivity contribution in [3.63, 3.8) is 0 Å². The molecule has 0 aromatic rings. The zero-order valence-electron chi connectivity index (χ0n) is 4.36. The summed E-state index contributed by atoms with van der Waals surface area (Å²) in [6, 6.07) is 0. The molecule has 0 radical (unpaired) electrons. The molecule has 0 rings (SSSR count). The predicted molar refractivity (Wildman–Crippen MR) is 33.6 cm³/mol. The summed E-state index contributed by atoms with van der Waals surface area (Å²) < 4.78 is 0. The van der Waals surface area contributed by atoms with Crippen molar-refractivity contribution >= 4 is 14.6 Å². The molecule has 0 aliphatic heterocycles. The molecular weight excluding hydrogens is 88.1 g/mol. The van der Waals surface area contributed by atoms with Gasteiger partial charge in [0.2, 0.25) is 0 Å². The van der Waals surface area contributed by atoms with E-state index in [2.05, 4.69) is 24.5 Å². The van der Waals surface area contributed by atoms with Crippen molar-refractivity contribution in [1.29, 1.82) is 0 Å². The van der Waals surface area contributed by atoms with Crippen LogP contribution in [0.3, 0.4) is 0 Å². The van der Waals surface area contributed by atoms with Gasteiger partial charge in [-0.15, -0.1) is 6.17 Å². The Morgan fingerprint density at radius 3 is 2.17 bits per heavy atom. The van der Waals surface area contributed by atoms with Gasteiger partial charge in [-0.2, -0.15) is 0 Å². The minimum absolute atomic E-state index is 0.316. The average Bonchev–Trinajstić information content (AvgIpc) is 1.35. The zero-order valence-corrected chi connectivity index (χ0v) is 5.36. The molecule has 0 heterocycles. The molecule has 0 fully saturated rings. The lowest BCUT2D eigenvalue weighted by Gasteiger charge is -1.73. The summed E-state index contributed by atoms with van der Waals surface area (Å²) in [6.45, 7) is 4.18. The first-order valence-corrected chi connectivity index (χ1v) is 4.34. The standard InChI is InChI=1S/C5H10Si/c1-4-5-6(2)3/h4-5H,2H2,1,3H3. The number of rotatable bonds is 1. The second-order valence-corrected chi connectivity index (χ2v) is 3.37. The first kappa shape index (κ1) is 5.83. The predicted octanol–water partition coefficient (Wildman–Crippen LogP) is 1.24. The van der Waals surface area contributed by atoms with Crippen molar-refractivity contribution in [3.8, 4) is 0 Å². The van der Waals surface area contributed by atoms with Crippen LogP contribution in [-0.2, 0) is 0 Å². The van der Waals surface area contributed by atoms with Crippen LogP contribution in [-0.4, -0.2) is 14.6 Å². The van der Waals surface area contributed by atoms with Gasteiger partial charge in [0, 0.05) is 8.41 Å². The molecule has 0 saturated carbocycles. The van der Waals surface area contributed by atoms with Gasteiger partial charge in [-0.25, -0.2) is 0 Å². The van der Waals surface area contributed by atoms with E-state index in [1.165, 1.54) is 0 Å². The molecule has 0 N–H and O–H groups in total. The molecule has 0 bridgehead atoms. The molecule has 0 nitrogen and oxygen atoms in total. The normalized spacial score (nSPS) is 9.67. The summed E-state index contributed by atoms with van der Waals surface area (Å²) in [5.41, 5.74) is 2.16. The maximum atomic E-state index is 3.84. The van der Waals surface area contributed by atoms with Crippen LogP contribution < -0.4 is 0 Å². The summed E-state index contributed by atoms with van der Waals surface area (Å²) in [7, 11) is -0.316. The maximum Gasteiger partial charge on any atom is 0.0256 e. The van der Waals surface area contributed by atoms with Crippen molar-refractivity contribution in [2.75, 3.05) is 0 Å². The van der Waals surface area contributed by atoms with Crippen LogP contribution in [0.4, 0.5) is 0 Å². The molecule has 34 valence electrons. The topological polar surface area (TPSA) is 0 Å². The van der Waals surface area contributed by atoms with E-state index in [0.717, 1.165) is 0 Å². The van der Waals surface area contributed by atoms with Crippen molar-refractivity contribution < 1.29 is 0 Å². The summed E-state index contributed by atoms with van der Waals surface area (Å²) in [6.07, 6.45) is 5.90. The number of hydrogen-bond acceptors (Lipinski definition) is 0. The Hall–Kier alpha value is -0.173. The largest absolute Gasteiger partial charge is 0.115 e. The average molecular weight is 98.2 g/mol. The zero-order chi connectivity index (χ0) is 4.99. The minimum Gasteiger partial charge on any atom is -0.115 e. The molecule has 0 saturated heterocycles. The molecule has 0 aromatic carbocycles. The highest BCUT2D eigenvalue weighted by atomic mass is 28.2. The van der Waals surface area contributed by atoms with Crippen LogP contribution in [0.15, 0.2) is 11.8 Å². The van der Waals surface area contributed by atoms with Gasteiger partial charge in [-0.1, -0.05) is 18.3 Å². The number of hydrogen-bond donors (Lipinski definition) is 0. The fraction of sp³-hybridized carbons (Fsp3) is 0.400. The van der Waals surface area contributed by atoms with Crippen LogP contribution in [0, 0.1) is 0 Å². The maximum absolute atomic E-state index is 3.84. The van der Waals surface area contributed by atoms with Gasteiger partial charge in [0.25, 0.3) is 0 Å². The van der Waals surface area contributed by atoms with E-state index in [4.69, 9.17) is 0 Å². The number of allylic oxidation sites excluding steroid dienone is 1. The van der Waals surface area contributed by atoms with Crippen LogP contribution >= 0.6 is 0 Å². The third kappa shape index (κ3) is 3.83. The van der Waals surface area contributed by atoms with Crippen molar-refractivity contribution in [2.24, 2.45) is 0 Å². The quantitative estimate of drug-likeness (QED) is 0.433. The minimum atomic E-state index is -0.316. The Morgan fingerprint density at radius 1 is 1.67 bits per heavy atom. The summed E-state index contributed by atoms with van der Waals surface area (Å²) >= 11 is 0. The lowest BCUT2D eigenvalue weighted by atomic mass is 10.8. The molecule has 0 spiro atoms. The van der Waals surface area contributed by atoms with Crippen molar-refractivity contribution in [3.05, 3.63) is 11.8 Å². The van der Waals surface area contributed by atoms with Crippen molar-refractivity contribution in [2.45, 2.75) is 13.5 Å². The van der Waals surface area contributed by atoms with E-state index >= 15 is 0 Å². The van der Waals surface area contributed by atoms with Gasteiger partial charge >= 0.3 is 0 Å². The first-order valence-electron chi connectivity index (χ1n) is 2.05. The molecule has 0 aliphatic carbocycles.